The number of hydrogen-bond acceptors (Lipinski definition) is 1. The number of nitrogens with zero attached hydrogens (tertiary/aromatic N) is 1. The average Bonchev–Trinajstić information content (AvgIpc) is 2.24. The Balaban J connectivity index is 2.20. The zero-order chi connectivity index (χ0) is 12.1. The Hall–Kier alpha value is -0.503. The fourth-order valence-corrected chi connectivity index (χ4v) is 3.15. The molecule has 0 saturated carbocycles. The van der Waals surface area contributed by atoms with Crippen LogP contribution in [0.5, 0.6) is 0 Å². The number of fused-ring (bicyclic) bond motifs is 1. The minimum absolute atomic E-state index is 0.691. The van der Waals surface area contributed by atoms with Crippen LogP contribution in [0.3, 0.4) is 0 Å². The topological polar surface area (TPSA) is 3.24 Å². The summed E-state index contributed by atoms with van der Waals surface area (Å²) in [5.74, 6) is 1.61. The molecular weight excluding hydrogens is 210 g/mol. The molecule has 1 aliphatic heterocycles. The Morgan fingerprint density at radius 1 is 1.19 bits per heavy atom. The maximum absolute atomic E-state index is 2.60. The zero-order valence-corrected chi connectivity index (χ0v) is 12.5. The van der Waals surface area contributed by atoms with Crippen molar-refractivity contribution in [3.8, 4) is 0 Å². The molecule has 1 nitrogen and oxygen atoms in total. The quantitative estimate of drug-likeness (QED) is 0.521. The lowest BCUT2D eigenvalue weighted by molar-refractivity contribution is 0.298. The highest BCUT2D eigenvalue weighted by atomic mass is 28.3. The molecule has 2 heteroatoms. The van der Waals surface area contributed by atoms with Gasteiger partial charge in [0.05, 0.1) is 14.1 Å². The first kappa shape index (κ1) is 12.0. The van der Waals surface area contributed by atoms with E-state index >= 15 is 0 Å². The Bertz CT molecular complexity index is 337. The average molecular weight is 235 g/mol. The molecule has 1 fully saturated rings. The summed E-state index contributed by atoms with van der Waals surface area (Å²) in [7, 11) is -1.11. The Morgan fingerprint density at radius 3 is 2.19 bits per heavy atom. The Morgan fingerprint density at radius 2 is 1.81 bits per heavy atom. The van der Waals surface area contributed by atoms with Crippen LogP contribution in [0.1, 0.15) is 20.8 Å². The van der Waals surface area contributed by atoms with Gasteiger partial charge in [0.2, 0.25) is 0 Å². The lowest BCUT2D eigenvalue weighted by Crippen LogP contribution is -2.35. The predicted molar refractivity (Wildman–Crippen MR) is 74.0 cm³/mol. The number of likely N-dealkylation sites (tertiary alicyclic amines) is 1. The van der Waals surface area contributed by atoms with E-state index in [1.807, 2.05) is 0 Å². The van der Waals surface area contributed by atoms with Gasteiger partial charge in [0.15, 0.2) is 0 Å². The van der Waals surface area contributed by atoms with Gasteiger partial charge < -0.3 is 4.90 Å². The lowest BCUT2D eigenvalue weighted by Gasteiger charge is -2.32. The highest BCUT2D eigenvalue weighted by Crippen LogP contribution is 2.42. The molecule has 0 N–H and O–H groups in total. The molecule has 0 amide bonds. The smallest absolute Gasteiger partial charge is 0.0739 e. The molecule has 2 aliphatic rings. The van der Waals surface area contributed by atoms with Crippen molar-refractivity contribution < 1.29 is 0 Å². The SMILES string of the molecule is C/C(=C\N1C2C=CC2C(C)[C@@H]1C)[Si](C)(C)C. The fraction of sp³-hybridized carbons (Fsp3) is 0.714. The van der Waals surface area contributed by atoms with Crippen molar-refractivity contribution in [1.82, 2.24) is 4.90 Å². The molecule has 0 bridgehead atoms. The molecule has 16 heavy (non-hydrogen) atoms. The van der Waals surface area contributed by atoms with Crippen LogP contribution < -0.4 is 0 Å². The van der Waals surface area contributed by atoms with Crippen molar-refractivity contribution in [2.75, 3.05) is 0 Å². The molecule has 4 atom stereocenters. The maximum Gasteiger partial charge on any atom is 0.0739 e. The number of rotatable bonds is 2. The van der Waals surface area contributed by atoms with E-state index < -0.39 is 8.07 Å². The van der Waals surface area contributed by atoms with Gasteiger partial charge in [-0.2, -0.15) is 0 Å². The molecule has 0 spiro atoms. The first-order chi connectivity index (χ1) is 7.32. The van der Waals surface area contributed by atoms with Crippen LogP contribution in [0, 0.1) is 11.8 Å². The third-order valence-corrected chi connectivity index (χ3v) is 7.13. The summed E-state index contributed by atoms with van der Waals surface area (Å²) in [6, 6.07) is 1.38. The van der Waals surface area contributed by atoms with E-state index in [-0.39, 0.29) is 0 Å². The summed E-state index contributed by atoms with van der Waals surface area (Å²) in [6.07, 6.45) is 7.23. The van der Waals surface area contributed by atoms with Crippen LogP contribution in [-0.4, -0.2) is 25.1 Å². The zero-order valence-electron chi connectivity index (χ0n) is 11.5. The highest BCUT2D eigenvalue weighted by molar-refractivity contribution is 6.82. The van der Waals surface area contributed by atoms with Crippen LogP contribution in [0.15, 0.2) is 23.5 Å². The second-order valence-corrected chi connectivity index (χ2v) is 11.9. The fourth-order valence-electron chi connectivity index (χ4n) is 2.61. The van der Waals surface area contributed by atoms with Gasteiger partial charge in [-0.1, -0.05) is 43.9 Å². The third kappa shape index (κ3) is 1.77. The monoisotopic (exact) mass is 235 g/mol. The van der Waals surface area contributed by atoms with Gasteiger partial charge in [-0.15, -0.1) is 0 Å². The van der Waals surface area contributed by atoms with Gasteiger partial charge in [0.1, 0.15) is 0 Å². The Kier molecular flexibility index (Phi) is 2.81. The Labute approximate surface area is 101 Å². The molecule has 0 aromatic carbocycles. The molecule has 0 radical (unpaired) electrons. The van der Waals surface area contributed by atoms with E-state index in [4.69, 9.17) is 0 Å². The van der Waals surface area contributed by atoms with Crippen molar-refractivity contribution in [3.63, 3.8) is 0 Å². The van der Waals surface area contributed by atoms with Crippen molar-refractivity contribution >= 4 is 8.07 Å². The predicted octanol–water partition coefficient (Wildman–Crippen LogP) is 3.66. The second-order valence-electron chi connectivity index (χ2n) is 6.56. The van der Waals surface area contributed by atoms with Crippen LogP contribution in [-0.2, 0) is 0 Å². The van der Waals surface area contributed by atoms with Crippen molar-refractivity contribution in [1.29, 1.82) is 0 Å². The van der Waals surface area contributed by atoms with Gasteiger partial charge in [-0.25, -0.2) is 0 Å². The summed E-state index contributed by atoms with van der Waals surface area (Å²) >= 11 is 0. The minimum atomic E-state index is -1.11. The summed E-state index contributed by atoms with van der Waals surface area (Å²) in [5, 5.41) is 1.62. The molecule has 1 saturated heterocycles. The normalized spacial score (nSPS) is 38.6. The summed E-state index contributed by atoms with van der Waals surface area (Å²) in [5.41, 5.74) is 0. The molecule has 1 heterocycles. The van der Waals surface area contributed by atoms with E-state index in [0.29, 0.717) is 12.1 Å². The maximum atomic E-state index is 2.60. The summed E-state index contributed by atoms with van der Waals surface area (Å²) in [6.45, 7) is 14.4. The van der Waals surface area contributed by atoms with E-state index in [1.54, 1.807) is 5.20 Å². The minimum Gasteiger partial charge on any atom is -0.368 e. The highest BCUT2D eigenvalue weighted by Gasteiger charge is 2.44. The molecule has 2 rings (SSSR count). The van der Waals surface area contributed by atoms with Crippen LogP contribution in [0.25, 0.3) is 0 Å². The van der Waals surface area contributed by atoms with E-state index in [9.17, 15) is 0 Å². The van der Waals surface area contributed by atoms with E-state index in [1.165, 1.54) is 0 Å². The summed E-state index contributed by atoms with van der Waals surface area (Å²) < 4.78 is 0. The van der Waals surface area contributed by atoms with Gasteiger partial charge in [-0.05, 0) is 26.0 Å². The molecule has 0 aromatic heterocycles. The molecule has 1 aliphatic carbocycles. The molecule has 0 aromatic rings. The second kappa shape index (κ2) is 3.76. The van der Waals surface area contributed by atoms with Crippen molar-refractivity contribution in [2.45, 2.75) is 52.5 Å². The lowest BCUT2D eigenvalue weighted by atomic mass is 9.82. The molecule has 3 unspecified atom stereocenters. The molecule has 90 valence electrons. The van der Waals surface area contributed by atoms with Crippen LogP contribution >= 0.6 is 0 Å². The van der Waals surface area contributed by atoms with Gasteiger partial charge in [-0.3, -0.25) is 0 Å². The van der Waals surface area contributed by atoms with E-state index in [0.717, 1.165) is 11.8 Å². The first-order valence-electron chi connectivity index (χ1n) is 6.47. The van der Waals surface area contributed by atoms with Gasteiger partial charge >= 0.3 is 0 Å². The third-order valence-electron chi connectivity index (χ3n) is 4.63. The number of allylic oxidation sites excluding steroid dienone is 1. The number of hydrogen-bond donors (Lipinski definition) is 0. The molecular formula is C14H25NSi. The largest absolute Gasteiger partial charge is 0.368 e. The van der Waals surface area contributed by atoms with E-state index in [2.05, 4.69) is 63.7 Å². The van der Waals surface area contributed by atoms with Crippen molar-refractivity contribution in [2.24, 2.45) is 11.8 Å². The standard InChI is InChI=1S/C14H25NSi/c1-10(16(4,5)6)9-15-12(3)11(2)13-7-8-14(13)15/h7-9,11-14H,1-6H3/b10-9+/t11?,12-,13?,14?/m0/s1. The van der Waals surface area contributed by atoms with Gasteiger partial charge in [0.25, 0.3) is 0 Å². The summed E-state index contributed by atoms with van der Waals surface area (Å²) in [4.78, 5) is 2.60. The van der Waals surface area contributed by atoms with Crippen LogP contribution in [0.2, 0.25) is 19.6 Å². The van der Waals surface area contributed by atoms with Crippen molar-refractivity contribution in [3.05, 3.63) is 23.5 Å². The van der Waals surface area contributed by atoms with Gasteiger partial charge in [0, 0.05) is 12.0 Å². The first-order valence-corrected chi connectivity index (χ1v) is 9.97. The van der Waals surface area contributed by atoms with Crippen LogP contribution in [0.4, 0.5) is 0 Å².